The van der Waals surface area contributed by atoms with Gasteiger partial charge in [-0.25, -0.2) is 0 Å². The highest BCUT2D eigenvalue weighted by Gasteiger charge is 2.18. The van der Waals surface area contributed by atoms with E-state index in [0.717, 1.165) is 3.70 Å². The third-order valence-electron chi connectivity index (χ3n) is 1.33. The molecule has 0 fully saturated rings. The van der Waals surface area contributed by atoms with Crippen molar-refractivity contribution in [3.05, 3.63) is 14.6 Å². The molecule has 0 N–H and O–H groups in total. The number of rotatable bonds is 0. The summed E-state index contributed by atoms with van der Waals surface area (Å²) in [6.07, 6.45) is 0. The zero-order valence-electron chi connectivity index (χ0n) is 6.31. The van der Waals surface area contributed by atoms with Crippen LogP contribution in [0.25, 0.3) is 0 Å². The van der Waals surface area contributed by atoms with Crippen molar-refractivity contribution in [2.24, 2.45) is 0 Å². The highest BCUT2D eigenvalue weighted by molar-refractivity contribution is 14.1. The predicted molar refractivity (Wildman–Crippen MR) is 53.5 cm³/mol. The van der Waals surface area contributed by atoms with E-state index in [0.29, 0.717) is 0 Å². The monoisotopic (exact) mass is 267 g/mol. The molecular weight excluding hydrogens is 257 g/mol. The number of halogens is 1. The lowest BCUT2D eigenvalue weighted by molar-refractivity contribution is 0.587. The van der Waals surface area contributed by atoms with Crippen LogP contribution < -0.4 is 0 Å². The molecule has 0 spiro atoms. The molecule has 0 aliphatic rings. The van der Waals surface area contributed by atoms with Gasteiger partial charge in [0.15, 0.2) is 0 Å². The molecule has 0 saturated carbocycles. The second kappa shape index (κ2) is 2.77. The molecule has 0 amide bonds. The third kappa shape index (κ3) is 1.69. The maximum atomic E-state index is 4.21. The second-order valence-corrected chi connectivity index (χ2v) is 4.92. The summed E-state index contributed by atoms with van der Waals surface area (Å²) < 4.78 is 5.36. The fourth-order valence-corrected chi connectivity index (χ4v) is 3.04. The Labute approximate surface area is 79.2 Å². The van der Waals surface area contributed by atoms with E-state index in [2.05, 4.69) is 53.1 Å². The van der Waals surface area contributed by atoms with Crippen LogP contribution in [0.3, 0.4) is 0 Å². The Bertz CT molecular complexity index is 224. The van der Waals surface area contributed by atoms with Crippen LogP contribution in [0.1, 0.15) is 26.3 Å². The van der Waals surface area contributed by atoms with Gasteiger partial charge < -0.3 is 0 Å². The molecule has 0 bridgehead atoms. The van der Waals surface area contributed by atoms with Gasteiger partial charge in [-0.05, 0) is 39.5 Å². The largest absolute Gasteiger partial charge is 0.186 e. The maximum absolute atomic E-state index is 4.21. The summed E-state index contributed by atoms with van der Waals surface area (Å²) in [5.74, 6) is 0. The molecule has 0 aromatic carbocycles. The first kappa shape index (κ1) is 8.46. The SMILES string of the molecule is CC(C)(C)c1csnc1I. The average Bonchev–Trinajstić information content (AvgIpc) is 2.11. The van der Waals surface area contributed by atoms with Crippen LogP contribution in [0.4, 0.5) is 0 Å². The lowest BCUT2D eigenvalue weighted by Crippen LogP contribution is -2.11. The highest BCUT2D eigenvalue weighted by Crippen LogP contribution is 2.27. The van der Waals surface area contributed by atoms with E-state index in [9.17, 15) is 0 Å². The van der Waals surface area contributed by atoms with Crippen molar-refractivity contribution in [1.82, 2.24) is 4.37 Å². The van der Waals surface area contributed by atoms with Gasteiger partial charge in [0.2, 0.25) is 0 Å². The van der Waals surface area contributed by atoms with E-state index in [1.165, 1.54) is 17.1 Å². The van der Waals surface area contributed by atoms with Crippen molar-refractivity contribution in [2.75, 3.05) is 0 Å². The first-order valence-corrected chi connectivity index (χ1v) is 5.03. The first-order valence-electron chi connectivity index (χ1n) is 3.12. The Balaban J connectivity index is 3.05. The molecule has 3 heteroatoms. The van der Waals surface area contributed by atoms with Gasteiger partial charge in [0, 0.05) is 10.9 Å². The van der Waals surface area contributed by atoms with Gasteiger partial charge in [0.1, 0.15) is 3.70 Å². The molecule has 1 rings (SSSR count). The fourth-order valence-electron chi connectivity index (χ4n) is 0.709. The number of hydrogen-bond acceptors (Lipinski definition) is 2. The zero-order chi connectivity index (χ0) is 7.78. The van der Waals surface area contributed by atoms with Gasteiger partial charge in [-0.3, -0.25) is 0 Å². The highest BCUT2D eigenvalue weighted by atomic mass is 127. The van der Waals surface area contributed by atoms with Gasteiger partial charge in [0.25, 0.3) is 0 Å². The Morgan fingerprint density at radius 3 is 2.30 bits per heavy atom. The molecule has 0 unspecified atom stereocenters. The molecule has 1 aromatic heterocycles. The normalized spacial score (nSPS) is 12.0. The smallest absolute Gasteiger partial charge is 0.118 e. The van der Waals surface area contributed by atoms with Gasteiger partial charge in [0.05, 0.1) is 0 Å². The van der Waals surface area contributed by atoms with Crippen molar-refractivity contribution >= 4 is 34.1 Å². The summed E-state index contributed by atoms with van der Waals surface area (Å²) in [4.78, 5) is 0. The lowest BCUT2D eigenvalue weighted by Gasteiger charge is -2.16. The van der Waals surface area contributed by atoms with Crippen LogP contribution in [0.15, 0.2) is 5.38 Å². The van der Waals surface area contributed by atoms with Crippen LogP contribution >= 0.6 is 34.1 Å². The Morgan fingerprint density at radius 2 is 2.10 bits per heavy atom. The lowest BCUT2D eigenvalue weighted by atomic mass is 9.90. The van der Waals surface area contributed by atoms with Crippen LogP contribution in [0.2, 0.25) is 0 Å². The summed E-state index contributed by atoms with van der Waals surface area (Å²) >= 11 is 3.82. The van der Waals surface area contributed by atoms with Crippen LogP contribution in [-0.2, 0) is 5.41 Å². The summed E-state index contributed by atoms with van der Waals surface area (Å²) in [5.41, 5.74) is 1.61. The quantitative estimate of drug-likeness (QED) is 0.658. The maximum Gasteiger partial charge on any atom is 0.118 e. The number of hydrogen-bond donors (Lipinski definition) is 0. The molecule has 1 heterocycles. The molecule has 0 aliphatic carbocycles. The summed E-state index contributed by atoms with van der Waals surface area (Å²) in [5, 5.41) is 2.13. The van der Waals surface area contributed by atoms with Crippen LogP contribution in [0, 0.1) is 3.70 Å². The van der Waals surface area contributed by atoms with E-state index in [1.54, 1.807) is 0 Å². The molecule has 1 nitrogen and oxygen atoms in total. The topological polar surface area (TPSA) is 12.9 Å². The molecule has 10 heavy (non-hydrogen) atoms. The van der Waals surface area contributed by atoms with E-state index in [1.807, 2.05) is 0 Å². The van der Waals surface area contributed by atoms with Gasteiger partial charge in [-0.1, -0.05) is 20.8 Å². The van der Waals surface area contributed by atoms with E-state index < -0.39 is 0 Å². The third-order valence-corrected chi connectivity index (χ3v) is 3.11. The Hall–Kier alpha value is 0.360. The average molecular weight is 267 g/mol. The minimum absolute atomic E-state index is 0.253. The van der Waals surface area contributed by atoms with Crippen molar-refractivity contribution in [3.63, 3.8) is 0 Å². The molecule has 0 aliphatic heterocycles. The predicted octanol–water partition coefficient (Wildman–Crippen LogP) is 3.05. The number of nitrogens with zero attached hydrogens (tertiary/aromatic N) is 1. The van der Waals surface area contributed by atoms with Crippen LogP contribution in [-0.4, -0.2) is 4.37 Å². The zero-order valence-corrected chi connectivity index (χ0v) is 9.28. The van der Waals surface area contributed by atoms with E-state index >= 15 is 0 Å². The Morgan fingerprint density at radius 1 is 1.50 bits per heavy atom. The molecule has 56 valence electrons. The van der Waals surface area contributed by atoms with Crippen molar-refractivity contribution < 1.29 is 0 Å². The van der Waals surface area contributed by atoms with Gasteiger partial charge >= 0.3 is 0 Å². The van der Waals surface area contributed by atoms with Crippen LogP contribution in [0.5, 0.6) is 0 Å². The molecule has 0 saturated heterocycles. The minimum atomic E-state index is 0.253. The van der Waals surface area contributed by atoms with Gasteiger partial charge in [-0.2, -0.15) is 4.37 Å². The standard InChI is InChI=1S/C7H10INS/c1-7(2,3)5-4-10-9-6(5)8/h4H,1-3H3. The van der Waals surface area contributed by atoms with Crippen molar-refractivity contribution in [1.29, 1.82) is 0 Å². The summed E-state index contributed by atoms with van der Waals surface area (Å²) in [6, 6.07) is 0. The van der Waals surface area contributed by atoms with E-state index in [4.69, 9.17) is 0 Å². The Kier molecular flexibility index (Phi) is 2.34. The molecule has 1 aromatic rings. The van der Waals surface area contributed by atoms with Gasteiger partial charge in [-0.15, -0.1) is 0 Å². The molecule has 0 radical (unpaired) electrons. The molecule has 0 atom stereocenters. The summed E-state index contributed by atoms with van der Waals surface area (Å²) in [6.45, 7) is 6.62. The van der Waals surface area contributed by atoms with E-state index in [-0.39, 0.29) is 5.41 Å². The first-order chi connectivity index (χ1) is 4.52. The second-order valence-electron chi connectivity index (χ2n) is 3.27. The number of aromatic nitrogens is 1. The fraction of sp³-hybridized carbons (Fsp3) is 0.571. The van der Waals surface area contributed by atoms with Crippen molar-refractivity contribution in [2.45, 2.75) is 26.2 Å². The summed E-state index contributed by atoms with van der Waals surface area (Å²) in [7, 11) is 0. The minimum Gasteiger partial charge on any atom is -0.186 e. The molecular formula is C7H10INS. The van der Waals surface area contributed by atoms with Crippen molar-refractivity contribution in [3.8, 4) is 0 Å².